The lowest BCUT2D eigenvalue weighted by Gasteiger charge is -2.23. The summed E-state index contributed by atoms with van der Waals surface area (Å²) in [5.74, 6) is -0.297. The largest absolute Gasteiger partial charge is 0.370 e. The number of morpholine rings is 1. The molecule has 2 aromatic rings. The van der Waals surface area contributed by atoms with Gasteiger partial charge in [-0.05, 0) is 18.2 Å². The van der Waals surface area contributed by atoms with Gasteiger partial charge in [0.25, 0.3) is 5.91 Å². The van der Waals surface area contributed by atoms with Crippen LogP contribution >= 0.6 is 11.6 Å². The molecule has 1 aliphatic rings. The van der Waals surface area contributed by atoms with Crippen LogP contribution in [0.25, 0.3) is 0 Å². The van der Waals surface area contributed by atoms with Crippen molar-refractivity contribution in [3.8, 4) is 0 Å². The van der Waals surface area contributed by atoms with Crippen molar-refractivity contribution in [3.63, 3.8) is 0 Å². The molecular formula is C22H28ClN3O3+2. The number of amides is 1. The average Bonchev–Trinajstić information content (AvgIpc) is 2.75. The Hall–Kier alpha value is -2.25. The van der Waals surface area contributed by atoms with E-state index >= 15 is 0 Å². The van der Waals surface area contributed by atoms with E-state index in [-0.39, 0.29) is 11.7 Å². The third-order valence-electron chi connectivity index (χ3n) is 5.00. The fraction of sp³-hybridized carbons (Fsp3) is 0.364. The third-order valence-corrected chi connectivity index (χ3v) is 5.24. The van der Waals surface area contributed by atoms with Crippen LogP contribution in [0.1, 0.15) is 22.3 Å². The standard InChI is InChI=1S/C22H26ClN3O3/c23-18-7-8-20(19(15-18)22(28)17-5-2-1-3-6-17)25-21(27)16-24-9-4-10-26-11-13-29-14-12-26/h1-3,5-8,15,24H,4,9-14,16H2,(H,25,27)/p+2. The summed E-state index contributed by atoms with van der Waals surface area (Å²) < 4.78 is 5.36. The molecule has 29 heavy (non-hydrogen) atoms. The van der Waals surface area contributed by atoms with Crippen molar-refractivity contribution in [1.82, 2.24) is 0 Å². The molecule has 1 saturated heterocycles. The highest BCUT2D eigenvalue weighted by molar-refractivity contribution is 6.31. The molecule has 3 rings (SSSR count). The molecule has 1 fully saturated rings. The Kier molecular flexibility index (Phi) is 8.19. The van der Waals surface area contributed by atoms with E-state index < -0.39 is 0 Å². The molecule has 0 unspecified atom stereocenters. The van der Waals surface area contributed by atoms with Crippen molar-refractivity contribution in [2.75, 3.05) is 51.3 Å². The Morgan fingerprint density at radius 1 is 1.10 bits per heavy atom. The minimum atomic E-state index is -0.166. The molecule has 0 spiro atoms. The van der Waals surface area contributed by atoms with Gasteiger partial charge in [0, 0.05) is 22.6 Å². The van der Waals surface area contributed by atoms with Gasteiger partial charge in [-0.3, -0.25) is 9.59 Å². The number of carbonyl (C=O) groups is 2. The summed E-state index contributed by atoms with van der Waals surface area (Å²) >= 11 is 6.09. The van der Waals surface area contributed by atoms with Crippen LogP contribution < -0.4 is 15.5 Å². The summed E-state index contributed by atoms with van der Waals surface area (Å²) in [4.78, 5) is 26.8. The summed E-state index contributed by atoms with van der Waals surface area (Å²) in [6.07, 6.45) is 1.06. The molecule has 0 radical (unpaired) electrons. The fourth-order valence-corrected chi connectivity index (χ4v) is 3.57. The first kappa shape index (κ1) is 21.5. The highest BCUT2D eigenvalue weighted by Gasteiger charge is 2.17. The predicted octanol–water partition coefficient (Wildman–Crippen LogP) is 0.378. The SMILES string of the molecule is O=C(C[NH2+]CCC[NH+]1CCOCC1)Nc1ccc(Cl)cc1C(=O)c1ccccc1. The van der Waals surface area contributed by atoms with E-state index in [1.165, 1.54) is 0 Å². The second-order valence-corrected chi connectivity index (χ2v) is 7.62. The lowest BCUT2D eigenvalue weighted by Crippen LogP contribution is -3.14. The van der Waals surface area contributed by atoms with E-state index in [0.29, 0.717) is 28.4 Å². The van der Waals surface area contributed by atoms with Gasteiger partial charge in [-0.2, -0.15) is 0 Å². The topological polar surface area (TPSA) is 76.4 Å². The van der Waals surface area contributed by atoms with Gasteiger partial charge >= 0.3 is 0 Å². The Morgan fingerprint density at radius 3 is 2.62 bits per heavy atom. The number of benzene rings is 2. The second kappa shape index (κ2) is 11.1. The van der Waals surface area contributed by atoms with Gasteiger partial charge < -0.3 is 20.3 Å². The number of anilines is 1. The van der Waals surface area contributed by atoms with Crippen LogP contribution in [-0.4, -0.2) is 57.6 Å². The molecule has 6 nitrogen and oxygen atoms in total. The molecule has 1 amide bonds. The van der Waals surface area contributed by atoms with E-state index in [1.54, 1.807) is 35.2 Å². The Balaban J connectivity index is 1.50. The smallest absolute Gasteiger partial charge is 0.279 e. The highest BCUT2D eigenvalue weighted by Crippen LogP contribution is 2.23. The van der Waals surface area contributed by atoms with Gasteiger partial charge in [0.1, 0.15) is 13.1 Å². The number of nitrogens with two attached hydrogens (primary N) is 1. The molecule has 4 N–H and O–H groups in total. The molecule has 0 bridgehead atoms. The first-order valence-electron chi connectivity index (χ1n) is 10.1. The van der Waals surface area contributed by atoms with Crippen molar-refractivity contribution in [2.45, 2.75) is 6.42 Å². The molecular weight excluding hydrogens is 390 g/mol. The van der Waals surface area contributed by atoms with E-state index in [0.717, 1.165) is 45.8 Å². The number of ketones is 1. The number of hydrogen-bond acceptors (Lipinski definition) is 3. The van der Waals surface area contributed by atoms with E-state index in [2.05, 4.69) is 5.32 Å². The lowest BCUT2D eigenvalue weighted by atomic mass is 10.0. The van der Waals surface area contributed by atoms with Gasteiger partial charge in [-0.1, -0.05) is 41.9 Å². The lowest BCUT2D eigenvalue weighted by molar-refractivity contribution is -0.909. The van der Waals surface area contributed by atoms with Gasteiger partial charge in [0.05, 0.1) is 32.0 Å². The summed E-state index contributed by atoms with van der Waals surface area (Å²) in [7, 11) is 0. The highest BCUT2D eigenvalue weighted by atomic mass is 35.5. The molecule has 154 valence electrons. The average molecular weight is 418 g/mol. The first-order chi connectivity index (χ1) is 14.1. The maximum absolute atomic E-state index is 12.8. The van der Waals surface area contributed by atoms with Gasteiger partial charge in [0.2, 0.25) is 0 Å². The minimum absolute atomic E-state index is 0.131. The maximum Gasteiger partial charge on any atom is 0.279 e. The molecule has 0 aromatic heterocycles. The number of nitrogens with one attached hydrogen (secondary N) is 2. The molecule has 1 heterocycles. The zero-order valence-electron chi connectivity index (χ0n) is 16.5. The minimum Gasteiger partial charge on any atom is -0.370 e. The number of hydrogen-bond donors (Lipinski definition) is 3. The zero-order chi connectivity index (χ0) is 20.5. The Labute approximate surface area is 176 Å². The fourth-order valence-electron chi connectivity index (χ4n) is 3.40. The van der Waals surface area contributed by atoms with Crippen LogP contribution in [0.4, 0.5) is 5.69 Å². The van der Waals surface area contributed by atoms with Crippen LogP contribution in [0, 0.1) is 0 Å². The molecule has 7 heteroatoms. The van der Waals surface area contributed by atoms with Gasteiger partial charge in [-0.15, -0.1) is 0 Å². The van der Waals surface area contributed by atoms with E-state index in [9.17, 15) is 9.59 Å². The normalized spacial score (nSPS) is 14.5. The summed E-state index contributed by atoms with van der Waals surface area (Å²) in [5.41, 5.74) is 1.44. The molecule has 0 atom stereocenters. The van der Waals surface area contributed by atoms with Crippen molar-refractivity contribution in [3.05, 3.63) is 64.7 Å². The van der Waals surface area contributed by atoms with Crippen molar-refractivity contribution in [1.29, 1.82) is 0 Å². The quantitative estimate of drug-likeness (QED) is 0.408. The first-order valence-corrected chi connectivity index (χ1v) is 10.4. The van der Waals surface area contributed by atoms with Crippen LogP contribution in [0.5, 0.6) is 0 Å². The van der Waals surface area contributed by atoms with Gasteiger partial charge in [0.15, 0.2) is 12.3 Å². The van der Waals surface area contributed by atoms with Crippen molar-refractivity contribution >= 4 is 29.0 Å². The number of rotatable bonds is 9. The van der Waals surface area contributed by atoms with Crippen LogP contribution in [0.15, 0.2) is 48.5 Å². The predicted molar refractivity (Wildman–Crippen MR) is 113 cm³/mol. The molecule has 2 aromatic carbocycles. The summed E-state index contributed by atoms with van der Waals surface area (Å²) in [6.45, 7) is 6.13. The van der Waals surface area contributed by atoms with Crippen LogP contribution in [0.3, 0.4) is 0 Å². The number of carbonyl (C=O) groups excluding carboxylic acids is 2. The summed E-state index contributed by atoms with van der Waals surface area (Å²) in [5, 5.41) is 5.32. The number of ether oxygens (including phenoxy) is 1. The van der Waals surface area contributed by atoms with Gasteiger partial charge in [-0.25, -0.2) is 0 Å². The van der Waals surface area contributed by atoms with Crippen molar-refractivity contribution < 1.29 is 24.5 Å². The molecule has 0 saturated carbocycles. The second-order valence-electron chi connectivity index (χ2n) is 7.18. The molecule has 0 aliphatic carbocycles. The number of quaternary nitrogens is 2. The number of halogens is 1. The Morgan fingerprint density at radius 2 is 1.86 bits per heavy atom. The van der Waals surface area contributed by atoms with E-state index in [4.69, 9.17) is 16.3 Å². The monoisotopic (exact) mass is 417 g/mol. The van der Waals surface area contributed by atoms with Crippen LogP contribution in [0.2, 0.25) is 5.02 Å². The van der Waals surface area contributed by atoms with Crippen molar-refractivity contribution in [2.24, 2.45) is 0 Å². The zero-order valence-corrected chi connectivity index (χ0v) is 17.2. The molecule has 1 aliphatic heterocycles. The van der Waals surface area contributed by atoms with E-state index in [1.807, 2.05) is 23.5 Å². The maximum atomic E-state index is 12.8. The third kappa shape index (κ3) is 6.65. The Bertz CT molecular complexity index is 823. The summed E-state index contributed by atoms with van der Waals surface area (Å²) in [6, 6.07) is 13.9. The van der Waals surface area contributed by atoms with Crippen LogP contribution in [-0.2, 0) is 9.53 Å².